The molecule has 1 aromatic rings. The van der Waals surface area contributed by atoms with E-state index in [1.54, 1.807) is 11.7 Å². The highest BCUT2D eigenvalue weighted by Crippen LogP contribution is 2.29. The molecule has 1 fully saturated rings. The third-order valence-electron chi connectivity index (χ3n) is 3.72. The second-order valence-corrected chi connectivity index (χ2v) is 5.43. The second-order valence-electron chi connectivity index (χ2n) is 5.43. The molecule has 2 rings (SSSR count). The number of rotatable bonds is 6. The maximum atomic E-state index is 11.2. The largest absolute Gasteiger partial charge is 0.361 e. The highest BCUT2D eigenvalue weighted by Gasteiger charge is 2.27. The molecule has 0 aromatic carbocycles. The van der Waals surface area contributed by atoms with Crippen molar-refractivity contribution in [3.63, 3.8) is 0 Å². The maximum absolute atomic E-state index is 11.2. The Kier molecular flexibility index (Phi) is 4.59. The van der Waals surface area contributed by atoms with Gasteiger partial charge in [0.05, 0.1) is 4.92 Å². The molecule has 1 atom stereocenters. The average Bonchev–Trinajstić information content (AvgIpc) is 2.98. The SMILES string of the molecule is CCc1nn(C)c(NC(C)CN2CCCC2)c1[N+](=O)[O-]. The molecule has 0 saturated carbocycles. The molecule has 112 valence electrons. The van der Waals surface area contributed by atoms with Crippen LogP contribution in [0.3, 0.4) is 0 Å². The lowest BCUT2D eigenvalue weighted by molar-refractivity contribution is -0.384. The summed E-state index contributed by atoms with van der Waals surface area (Å²) in [4.78, 5) is 13.3. The van der Waals surface area contributed by atoms with Crippen molar-refractivity contribution in [2.75, 3.05) is 25.0 Å². The van der Waals surface area contributed by atoms with Crippen LogP contribution in [0.15, 0.2) is 0 Å². The maximum Gasteiger partial charge on any atom is 0.333 e. The Labute approximate surface area is 119 Å². The second kappa shape index (κ2) is 6.21. The number of anilines is 1. The minimum absolute atomic E-state index is 0.114. The number of hydrogen-bond donors (Lipinski definition) is 1. The summed E-state index contributed by atoms with van der Waals surface area (Å²) < 4.78 is 1.58. The van der Waals surface area contributed by atoms with Gasteiger partial charge in [-0.15, -0.1) is 0 Å². The van der Waals surface area contributed by atoms with E-state index in [2.05, 4.69) is 22.2 Å². The third-order valence-corrected chi connectivity index (χ3v) is 3.72. The first-order valence-corrected chi connectivity index (χ1v) is 7.22. The topological polar surface area (TPSA) is 76.2 Å². The van der Waals surface area contributed by atoms with Gasteiger partial charge in [0.25, 0.3) is 0 Å². The number of nitro groups is 1. The normalized spacial score (nSPS) is 17.4. The molecule has 0 amide bonds. The molecule has 2 heterocycles. The van der Waals surface area contributed by atoms with Crippen LogP contribution in [0, 0.1) is 10.1 Å². The lowest BCUT2D eigenvalue weighted by Crippen LogP contribution is -2.33. The lowest BCUT2D eigenvalue weighted by atomic mass is 10.2. The first-order chi connectivity index (χ1) is 9.52. The molecule has 1 N–H and O–H groups in total. The molecule has 1 unspecified atom stereocenters. The van der Waals surface area contributed by atoms with Gasteiger partial charge in [0.15, 0.2) is 0 Å². The van der Waals surface area contributed by atoms with Crippen molar-refractivity contribution in [1.82, 2.24) is 14.7 Å². The average molecular weight is 281 g/mol. The van der Waals surface area contributed by atoms with Gasteiger partial charge in [-0.2, -0.15) is 5.10 Å². The molecular weight excluding hydrogens is 258 g/mol. The Morgan fingerprint density at radius 1 is 1.45 bits per heavy atom. The Hall–Kier alpha value is -1.63. The zero-order valence-corrected chi connectivity index (χ0v) is 12.4. The predicted molar refractivity (Wildman–Crippen MR) is 78.0 cm³/mol. The third kappa shape index (κ3) is 3.09. The van der Waals surface area contributed by atoms with E-state index in [1.165, 1.54) is 12.8 Å². The highest BCUT2D eigenvalue weighted by atomic mass is 16.6. The first kappa shape index (κ1) is 14.8. The summed E-state index contributed by atoms with van der Waals surface area (Å²) in [5.74, 6) is 0.513. The fourth-order valence-corrected chi connectivity index (χ4v) is 2.79. The summed E-state index contributed by atoms with van der Waals surface area (Å²) in [6, 6.07) is 0.159. The summed E-state index contributed by atoms with van der Waals surface area (Å²) in [7, 11) is 1.75. The van der Waals surface area contributed by atoms with E-state index in [0.29, 0.717) is 17.9 Å². The zero-order valence-electron chi connectivity index (χ0n) is 12.4. The molecule has 0 bridgehead atoms. The van der Waals surface area contributed by atoms with Crippen molar-refractivity contribution in [1.29, 1.82) is 0 Å². The van der Waals surface area contributed by atoms with E-state index in [0.717, 1.165) is 19.6 Å². The molecule has 7 heteroatoms. The van der Waals surface area contributed by atoms with E-state index in [1.807, 2.05) is 6.92 Å². The number of aromatic nitrogens is 2. The molecule has 0 spiro atoms. The number of likely N-dealkylation sites (tertiary alicyclic amines) is 1. The van der Waals surface area contributed by atoms with Crippen molar-refractivity contribution in [2.24, 2.45) is 7.05 Å². The van der Waals surface area contributed by atoms with Gasteiger partial charge in [-0.1, -0.05) is 6.92 Å². The van der Waals surface area contributed by atoms with E-state index in [-0.39, 0.29) is 16.7 Å². The van der Waals surface area contributed by atoms with Crippen molar-refractivity contribution in [3.8, 4) is 0 Å². The fraction of sp³-hybridized carbons (Fsp3) is 0.769. The van der Waals surface area contributed by atoms with Crippen LogP contribution < -0.4 is 5.32 Å². The van der Waals surface area contributed by atoms with E-state index in [4.69, 9.17) is 0 Å². The van der Waals surface area contributed by atoms with Gasteiger partial charge in [-0.25, -0.2) is 4.68 Å². The predicted octanol–water partition coefficient (Wildman–Crippen LogP) is 1.79. The van der Waals surface area contributed by atoms with Gasteiger partial charge < -0.3 is 10.2 Å². The summed E-state index contributed by atoms with van der Waals surface area (Å²) in [6.07, 6.45) is 3.06. The van der Waals surface area contributed by atoms with E-state index >= 15 is 0 Å². The molecular formula is C13H23N5O2. The van der Waals surface area contributed by atoms with Gasteiger partial charge in [0, 0.05) is 19.6 Å². The Morgan fingerprint density at radius 2 is 2.10 bits per heavy atom. The van der Waals surface area contributed by atoms with Gasteiger partial charge in [0.1, 0.15) is 5.69 Å². The molecule has 1 saturated heterocycles. The van der Waals surface area contributed by atoms with Crippen molar-refractivity contribution < 1.29 is 4.92 Å². The van der Waals surface area contributed by atoms with Crippen LogP contribution in [0.5, 0.6) is 0 Å². The van der Waals surface area contributed by atoms with Gasteiger partial charge in [-0.3, -0.25) is 10.1 Å². The Morgan fingerprint density at radius 3 is 2.65 bits per heavy atom. The smallest absolute Gasteiger partial charge is 0.333 e. The summed E-state index contributed by atoms with van der Waals surface area (Å²) >= 11 is 0. The van der Waals surface area contributed by atoms with Crippen molar-refractivity contribution >= 4 is 11.5 Å². The minimum Gasteiger partial charge on any atom is -0.361 e. The summed E-state index contributed by atoms with van der Waals surface area (Å²) in [5, 5.41) is 18.7. The van der Waals surface area contributed by atoms with Crippen LogP contribution in [0.1, 0.15) is 32.4 Å². The van der Waals surface area contributed by atoms with Crippen LogP contribution in [0.2, 0.25) is 0 Å². The van der Waals surface area contributed by atoms with Crippen LogP contribution >= 0.6 is 0 Å². The lowest BCUT2D eigenvalue weighted by Gasteiger charge is -2.21. The standard InChI is InChI=1S/C13H23N5O2/c1-4-11-12(18(19)20)13(16(3)15-11)14-10(2)9-17-7-5-6-8-17/h10,14H,4-9H2,1-3H3. The molecule has 1 aliphatic rings. The molecule has 0 radical (unpaired) electrons. The molecule has 0 aliphatic carbocycles. The minimum atomic E-state index is -0.337. The van der Waals surface area contributed by atoms with Crippen LogP contribution in [-0.4, -0.2) is 45.3 Å². The quantitative estimate of drug-likeness (QED) is 0.635. The molecule has 1 aliphatic heterocycles. The number of hydrogen-bond acceptors (Lipinski definition) is 5. The molecule has 20 heavy (non-hydrogen) atoms. The number of nitrogens with zero attached hydrogens (tertiary/aromatic N) is 4. The monoisotopic (exact) mass is 281 g/mol. The van der Waals surface area contributed by atoms with Crippen LogP contribution in [-0.2, 0) is 13.5 Å². The molecule has 7 nitrogen and oxygen atoms in total. The Bertz CT molecular complexity index is 479. The first-order valence-electron chi connectivity index (χ1n) is 7.22. The molecule has 1 aromatic heterocycles. The van der Waals surface area contributed by atoms with E-state index < -0.39 is 0 Å². The van der Waals surface area contributed by atoms with Gasteiger partial charge >= 0.3 is 5.69 Å². The van der Waals surface area contributed by atoms with Crippen LogP contribution in [0.4, 0.5) is 11.5 Å². The van der Waals surface area contributed by atoms with Gasteiger partial charge in [0.2, 0.25) is 5.82 Å². The summed E-state index contributed by atoms with van der Waals surface area (Å²) in [6.45, 7) is 7.09. The number of aryl methyl sites for hydroxylation is 2. The fourth-order valence-electron chi connectivity index (χ4n) is 2.79. The summed E-state index contributed by atoms with van der Waals surface area (Å²) in [5.41, 5.74) is 0.650. The number of nitrogens with one attached hydrogen (secondary N) is 1. The van der Waals surface area contributed by atoms with Crippen molar-refractivity contribution in [2.45, 2.75) is 39.2 Å². The van der Waals surface area contributed by atoms with Gasteiger partial charge in [-0.05, 0) is 39.3 Å². The zero-order chi connectivity index (χ0) is 14.7. The van der Waals surface area contributed by atoms with E-state index in [9.17, 15) is 10.1 Å². The van der Waals surface area contributed by atoms with Crippen molar-refractivity contribution in [3.05, 3.63) is 15.8 Å². The Balaban J connectivity index is 2.11. The highest BCUT2D eigenvalue weighted by molar-refractivity contribution is 5.60. The van der Waals surface area contributed by atoms with Crippen LogP contribution in [0.25, 0.3) is 0 Å².